The molecule has 9 heteroatoms. The summed E-state index contributed by atoms with van der Waals surface area (Å²) in [5, 5.41) is 9.37. The van der Waals surface area contributed by atoms with Crippen molar-refractivity contribution >= 4 is 33.1 Å². The Kier molecular flexibility index (Phi) is 6.71. The fraction of sp³-hybridized carbons (Fsp3) is 0.400. The average molecular weight is 435 g/mol. The molecule has 2 heterocycles. The molecule has 1 atom stereocenters. The molecule has 1 amide bonds. The zero-order chi connectivity index (χ0) is 21.0. The highest BCUT2D eigenvalue weighted by Gasteiger charge is 2.39. The van der Waals surface area contributed by atoms with E-state index in [4.69, 9.17) is 11.1 Å². The van der Waals surface area contributed by atoms with Gasteiger partial charge in [-0.3, -0.25) is 10.2 Å². The normalized spacial score (nSPS) is 17.2. The molecule has 1 unspecified atom stereocenters. The minimum absolute atomic E-state index is 0.00791. The molecule has 1 fully saturated rings. The fourth-order valence-electron chi connectivity index (χ4n) is 3.60. The molecule has 1 aliphatic rings. The molecule has 0 aliphatic carbocycles. The minimum atomic E-state index is -3.50. The number of benzene rings is 1. The van der Waals surface area contributed by atoms with Crippen LogP contribution in [-0.4, -0.2) is 54.8 Å². The molecular formula is C20H26N4O3S2. The molecule has 1 aliphatic heterocycles. The summed E-state index contributed by atoms with van der Waals surface area (Å²) in [7, 11) is -3.50. The second-order valence-corrected chi connectivity index (χ2v) is 10.1. The van der Waals surface area contributed by atoms with Gasteiger partial charge >= 0.3 is 0 Å². The van der Waals surface area contributed by atoms with Crippen LogP contribution in [0.15, 0.2) is 41.8 Å². The number of sulfonamides is 1. The van der Waals surface area contributed by atoms with Crippen molar-refractivity contribution in [2.75, 3.05) is 19.3 Å². The monoisotopic (exact) mass is 434 g/mol. The molecule has 1 saturated heterocycles. The Balaban J connectivity index is 1.64. The lowest BCUT2D eigenvalue weighted by atomic mass is 10.1. The highest BCUT2D eigenvalue weighted by atomic mass is 32.2. The lowest BCUT2D eigenvalue weighted by molar-refractivity contribution is -0.131. The smallest absolute Gasteiger partial charge is 0.241 e. The summed E-state index contributed by atoms with van der Waals surface area (Å²) in [6.45, 7) is 1.24. The average Bonchev–Trinajstić information content (AvgIpc) is 3.27. The molecule has 3 N–H and O–H groups in total. The summed E-state index contributed by atoms with van der Waals surface area (Å²) in [5.41, 5.74) is 7.56. The van der Waals surface area contributed by atoms with E-state index in [-0.39, 0.29) is 11.7 Å². The topological polar surface area (TPSA) is 108 Å². The third kappa shape index (κ3) is 5.43. The van der Waals surface area contributed by atoms with E-state index in [0.717, 1.165) is 17.5 Å². The number of hydrogen-bond donors (Lipinski definition) is 2. The summed E-state index contributed by atoms with van der Waals surface area (Å²) >= 11 is 1.37. The second-order valence-electron chi connectivity index (χ2n) is 7.26. The van der Waals surface area contributed by atoms with Gasteiger partial charge in [0.15, 0.2) is 0 Å². The third-order valence-electron chi connectivity index (χ3n) is 5.02. The summed E-state index contributed by atoms with van der Waals surface area (Å²) in [6.07, 6.45) is 3.08. The molecule has 0 radical (unpaired) electrons. The molecule has 0 spiro atoms. The van der Waals surface area contributed by atoms with Crippen LogP contribution in [0.3, 0.4) is 0 Å². The summed E-state index contributed by atoms with van der Waals surface area (Å²) in [6, 6.07) is 11.1. The number of aryl methyl sites for hydroxylation is 1. The quantitative estimate of drug-likeness (QED) is 0.465. The fourth-order valence-corrected chi connectivity index (χ4v) is 5.49. The molecular weight excluding hydrogens is 408 g/mol. The summed E-state index contributed by atoms with van der Waals surface area (Å²) in [4.78, 5) is 15.3. The van der Waals surface area contributed by atoms with Gasteiger partial charge in [-0.15, -0.1) is 11.3 Å². The number of amides is 1. The largest absolute Gasteiger partial charge is 0.383 e. The number of carbonyl (C=O) groups is 1. The van der Waals surface area contributed by atoms with Crippen molar-refractivity contribution in [1.82, 2.24) is 9.21 Å². The maximum Gasteiger partial charge on any atom is 0.241 e. The first-order valence-electron chi connectivity index (χ1n) is 9.47. The lowest BCUT2D eigenvalue weighted by Crippen LogP contribution is -2.45. The summed E-state index contributed by atoms with van der Waals surface area (Å²) in [5.74, 6) is -0.153. The molecule has 1 aromatic carbocycles. The van der Waals surface area contributed by atoms with E-state index in [2.05, 4.69) is 0 Å². The van der Waals surface area contributed by atoms with Gasteiger partial charge in [-0.05, 0) is 41.8 Å². The number of rotatable bonds is 9. The van der Waals surface area contributed by atoms with E-state index in [0.29, 0.717) is 37.4 Å². The van der Waals surface area contributed by atoms with Crippen LogP contribution in [0, 0.1) is 5.41 Å². The van der Waals surface area contributed by atoms with E-state index < -0.39 is 16.1 Å². The maximum atomic E-state index is 12.9. The van der Waals surface area contributed by atoms with Crippen molar-refractivity contribution in [2.45, 2.75) is 31.8 Å². The first-order chi connectivity index (χ1) is 13.8. The molecule has 0 bridgehead atoms. The lowest BCUT2D eigenvalue weighted by Gasteiger charge is -2.25. The maximum absolute atomic E-state index is 12.9. The molecule has 29 heavy (non-hydrogen) atoms. The van der Waals surface area contributed by atoms with Gasteiger partial charge in [-0.2, -0.15) is 4.31 Å². The number of nitrogens with one attached hydrogen (secondary N) is 1. The van der Waals surface area contributed by atoms with Crippen molar-refractivity contribution in [2.24, 2.45) is 5.73 Å². The van der Waals surface area contributed by atoms with Crippen molar-refractivity contribution in [3.63, 3.8) is 0 Å². The van der Waals surface area contributed by atoms with Crippen LogP contribution in [0.1, 0.15) is 28.8 Å². The summed E-state index contributed by atoms with van der Waals surface area (Å²) < 4.78 is 26.1. The van der Waals surface area contributed by atoms with Gasteiger partial charge in [0.05, 0.1) is 11.1 Å². The first kappa shape index (κ1) is 21.5. The van der Waals surface area contributed by atoms with E-state index in [1.165, 1.54) is 21.9 Å². The number of carbonyl (C=O) groups excluding carboxylic acids is 1. The molecule has 7 nitrogen and oxygen atoms in total. The zero-order valence-electron chi connectivity index (χ0n) is 16.4. The highest BCUT2D eigenvalue weighted by molar-refractivity contribution is 7.88. The van der Waals surface area contributed by atoms with Crippen LogP contribution in [0.4, 0.5) is 0 Å². The Morgan fingerprint density at radius 2 is 2.03 bits per heavy atom. The predicted molar refractivity (Wildman–Crippen MR) is 115 cm³/mol. The van der Waals surface area contributed by atoms with Crippen LogP contribution < -0.4 is 5.73 Å². The number of nitrogens with two attached hydrogens (primary N) is 1. The van der Waals surface area contributed by atoms with E-state index in [1.54, 1.807) is 4.90 Å². The van der Waals surface area contributed by atoms with Crippen molar-refractivity contribution < 1.29 is 13.2 Å². The highest BCUT2D eigenvalue weighted by Crippen LogP contribution is 2.24. The third-order valence-corrected chi connectivity index (χ3v) is 7.32. The van der Waals surface area contributed by atoms with Gasteiger partial charge in [0, 0.05) is 19.6 Å². The van der Waals surface area contributed by atoms with Crippen LogP contribution >= 0.6 is 11.3 Å². The van der Waals surface area contributed by atoms with Gasteiger partial charge in [0.1, 0.15) is 11.9 Å². The van der Waals surface area contributed by atoms with Crippen LogP contribution in [0.25, 0.3) is 0 Å². The van der Waals surface area contributed by atoms with Gasteiger partial charge < -0.3 is 10.6 Å². The minimum Gasteiger partial charge on any atom is -0.383 e. The molecule has 3 rings (SSSR count). The van der Waals surface area contributed by atoms with Crippen LogP contribution in [-0.2, 0) is 27.8 Å². The first-order valence-corrected chi connectivity index (χ1v) is 12.2. The Labute approximate surface area is 175 Å². The van der Waals surface area contributed by atoms with Crippen molar-refractivity contribution in [3.05, 3.63) is 57.8 Å². The number of nitrogen functional groups attached to an aromatic ring is 1. The van der Waals surface area contributed by atoms with Gasteiger partial charge in [-0.25, -0.2) is 8.42 Å². The van der Waals surface area contributed by atoms with E-state index >= 15 is 0 Å². The number of likely N-dealkylation sites (tertiary alicyclic amines) is 1. The van der Waals surface area contributed by atoms with Crippen molar-refractivity contribution in [1.29, 1.82) is 5.41 Å². The van der Waals surface area contributed by atoms with Gasteiger partial charge in [0.25, 0.3) is 0 Å². The molecule has 1 aromatic heterocycles. The van der Waals surface area contributed by atoms with Crippen LogP contribution in [0.2, 0.25) is 0 Å². The number of amidine groups is 1. The number of nitrogens with zero attached hydrogens (tertiary/aromatic N) is 2. The molecule has 0 saturated carbocycles. The number of thiophene rings is 1. The molecule has 156 valence electrons. The van der Waals surface area contributed by atoms with E-state index in [1.807, 2.05) is 41.8 Å². The Hall–Kier alpha value is -2.23. The Bertz CT molecular complexity index is 973. The van der Waals surface area contributed by atoms with E-state index in [9.17, 15) is 13.2 Å². The molecule has 2 aromatic rings. The Morgan fingerprint density at radius 1 is 1.31 bits per heavy atom. The van der Waals surface area contributed by atoms with Gasteiger partial charge in [-0.1, -0.05) is 30.3 Å². The SMILES string of the molecule is CS(=O)(=O)N(CCCc1ccccc1)C1CCN(Cc2csc(C(=N)N)c2)C1=O. The predicted octanol–water partition coefficient (Wildman–Crippen LogP) is 2.03. The zero-order valence-corrected chi connectivity index (χ0v) is 18.0. The Morgan fingerprint density at radius 3 is 2.66 bits per heavy atom. The standard InChI is InChI=1S/C20H26N4O3S2/c1-29(26,27)24(10-5-8-15-6-3-2-4-7-15)17-9-11-23(20(17)25)13-16-12-18(19(21)22)28-14-16/h2-4,6-7,12,14,17H,5,8-11,13H2,1H3,(H3,21,22). The number of hydrogen-bond acceptors (Lipinski definition) is 5. The van der Waals surface area contributed by atoms with Crippen LogP contribution in [0.5, 0.6) is 0 Å². The van der Waals surface area contributed by atoms with Crippen molar-refractivity contribution in [3.8, 4) is 0 Å². The van der Waals surface area contributed by atoms with Gasteiger partial charge in [0.2, 0.25) is 15.9 Å². The second kappa shape index (κ2) is 9.06.